The minimum Gasteiger partial charge on any atom is -0.484 e. The van der Waals surface area contributed by atoms with E-state index >= 15 is 0 Å². The van der Waals surface area contributed by atoms with Crippen molar-refractivity contribution in [3.05, 3.63) is 125 Å². The zero-order chi connectivity index (χ0) is 32.4. The number of carbonyl (C=O) groups excluding carboxylic acids is 2. The highest BCUT2D eigenvalue weighted by Gasteiger charge is 2.31. The number of nitrogens with one attached hydrogen (secondary N) is 1. The molecule has 12 heteroatoms. The van der Waals surface area contributed by atoms with E-state index in [9.17, 15) is 18.0 Å². The molecule has 0 unspecified atom stereocenters. The number of halogens is 1. The van der Waals surface area contributed by atoms with Gasteiger partial charge in [0.15, 0.2) is 6.61 Å². The summed E-state index contributed by atoms with van der Waals surface area (Å²) >= 11 is 6.12. The maximum atomic E-state index is 13.9. The van der Waals surface area contributed by atoms with E-state index in [-0.39, 0.29) is 36.9 Å². The number of morpholine rings is 1. The van der Waals surface area contributed by atoms with Crippen molar-refractivity contribution in [1.82, 2.24) is 19.5 Å². The van der Waals surface area contributed by atoms with Crippen LogP contribution in [0.5, 0.6) is 5.75 Å². The molecule has 1 aliphatic rings. The third kappa shape index (κ3) is 8.91. The fourth-order valence-corrected chi connectivity index (χ4v) is 6.55. The molecule has 5 rings (SSSR count). The van der Waals surface area contributed by atoms with Crippen LogP contribution in [-0.2, 0) is 43.9 Å². The second kappa shape index (κ2) is 15.8. The van der Waals surface area contributed by atoms with Gasteiger partial charge in [-0.1, -0.05) is 54.1 Å². The summed E-state index contributed by atoms with van der Waals surface area (Å²) < 4.78 is 38.5. The standard InChI is InChI=1S/C34H35ClN4O6S/c35-29-8-6-28(7-9-29)24-39(32(22-26-4-2-1-3-5-26)34(41)37-23-27-14-16-36-17-15-27)33(40)25-45-30-10-12-31(13-11-30)46(42,43)38-18-20-44-21-19-38/h1-17,32H,18-25H2,(H,37,41)/t32-/m0/s1. The third-order valence-electron chi connectivity index (χ3n) is 7.55. The number of ether oxygens (including phenoxy) is 2. The molecule has 2 heterocycles. The molecule has 0 saturated carbocycles. The molecule has 1 aliphatic heterocycles. The average Bonchev–Trinajstić information content (AvgIpc) is 3.10. The van der Waals surface area contributed by atoms with E-state index in [4.69, 9.17) is 21.1 Å². The Kier molecular flexibility index (Phi) is 11.4. The summed E-state index contributed by atoms with van der Waals surface area (Å²) in [4.78, 5) is 33.4. The van der Waals surface area contributed by atoms with E-state index in [0.29, 0.717) is 37.1 Å². The van der Waals surface area contributed by atoms with Crippen molar-refractivity contribution in [2.24, 2.45) is 0 Å². The first-order chi connectivity index (χ1) is 22.3. The van der Waals surface area contributed by atoms with Crippen molar-refractivity contribution in [3.63, 3.8) is 0 Å². The maximum absolute atomic E-state index is 13.9. The first kappa shape index (κ1) is 33.1. The van der Waals surface area contributed by atoms with Gasteiger partial charge in [0.05, 0.1) is 18.1 Å². The number of hydrogen-bond donors (Lipinski definition) is 1. The van der Waals surface area contributed by atoms with Gasteiger partial charge in [-0.25, -0.2) is 8.42 Å². The molecule has 1 fully saturated rings. The van der Waals surface area contributed by atoms with Crippen LogP contribution in [0.2, 0.25) is 5.02 Å². The fourth-order valence-electron chi connectivity index (χ4n) is 5.02. The molecule has 1 atom stereocenters. The van der Waals surface area contributed by atoms with Gasteiger partial charge < -0.3 is 19.7 Å². The number of benzene rings is 3. The molecular formula is C34H35ClN4O6S. The second-order valence-corrected chi connectivity index (χ2v) is 13.1. The summed E-state index contributed by atoms with van der Waals surface area (Å²) in [7, 11) is -3.67. The van der Waals surface area contributed by atoms with E-state index in [1.165, 1.54) is 33.5 Å². The highest BCUT2D eigenvalue weighted by atomic mass is 35.5. The molecule has 46 heavy (non-hydrogen) atoms. The van der Waals surface area contributed by atoms with E-state index in [2.05, 4.69) is 10.3 Å². The van der Waals surface area contributed by atoms with Crippen molar-refractivity contribution in [1.29, 1.82) is 0 Å². The van der Waals surface area contributed by atoms with Crippen LogP contribution in [0.15, 0.2) is 108 Å². The van der Waals surface area contributed by atoms with Crippen LogP contribution in [0.4, 0.5) is 0 Å². The molecule has 1 N–H and O–H groups in total. The molecular weight excluding hydrogens is 628 g/mol. The van der Waals surface area contributed by atoms with Crippen LogP contribution in [0.25, 0.3) is 0 Å². The second-order valence-electron chi connectivity index (χ2n) is 10.7. The SMILES string of the molecule is O=C(NCc1ccncc1)[C@H](Cc1ccccc1)N(Cc1ccc(Cl)cc1)C(=O)COc1ccc(S(=O)(=O)N2CCOCC2)cc1. The number of hydrogen-bond acceptors (Lipinski definition) is 7. The van der Waals surface area contributed by atoms with Gasteiger partial charge in [0, 0.05) is 50.0 Å². The lowest BCUT2D eigenvalue weighted by Gasteiger charge is -2.31. The van der Waals surface area contributed by atoms with E-state index in [0.717, 1.165) is 16.7 Å². The van der Waals surface area contributed by atoms with E-state index in [1.54, 1.807) is 24.5 Å². The predicted octanol–water partition coefficient (Wildman–Crippen LogP) is 4.09. The van der Waals surface area contributed by atoms with Crippen LogP contribution in [0.1, 0.15) is 16.7 Å². The number of carbonyl (C=O) groups is 2. The maximum Gasteiger partial charge on any atom is 0.261 e. The lowest BCUT2D eigenvalue weighted by molar-refractivity contribution is -0.142. The molecule has 1 aromatic heterocycles. The molecule has 3 aromatic carbocycles. The van der Waals surface area contributed by atoms with Gasteiger partial charge in [0.2, 0.25) is 15.9 Å². The Hall–Kier alpha value is -4.29. The number of pyridine rings is 1. The largest absolute Gasteiger partial charge is 0.484 e. The molecule has 0 radical (unpaired) electrons. The molecule has 1 saturated heterocycles. The number of nitrogens with zero attached hydrogens (tertiary/aromatic N) is 3. The molecule has 0 bridgehead atoms. The highest BCUT2D eigenvalue weighted by Crippen LogP contribution is 2.22. The Labute approximate surface area is 274 Å². The molecule has 10 nitrogen and oxygen atoms in total. The summed E-state index contributed by atoms with van der Waals surface area (Å²) in [6, 6.07) is 25.3. The molecule has 0 aliphatic carbocycles. The summed E-state index contributed by atoms with van der Waals surface area (Å²) in [5.74, 6) is -0.414. The van der Waals surface area contributed by atoms with Crippen molar-refractivity contribution >= 4 is 33.4 Å². The summed E-state index contributed by atoms with van der Waals surface area (Å²) in [6.07, 6.45) is 3.58. The van der Waals surface area contributed by atoms with Gasteiger partial charge in [-0.05, 0) is 65.2 Å². The van der Waals surface area contributed by atoms with Crippen LogP contribution >= 0.6 is 11.6 Å². The van der Waals surface area contributed by atoms with Crippen LogP contribution in [-0.4, -0.2) is 73.4 Å². The topological polar surface area (TPSA) is 118 Å². The van der Waals surface area contributed by atoms with Gasteiger partial charge in [-0.2, -0.15) is 4.31 Å². The van der Waals surface area contributed by atoms with E-state index < -0.39 is 22.0 Å². The minimum atomic E-state index is -3.67. The third-order valence-corrected chi connectivity index (χ3v) is 9.71. The summed E-state index contributed by atoms with van der Waals surface area (Å²) in [5.41, 5.74) is 2.55. The van der Waals surface area contributed by atoms with Crippen LogP contribution in [0.3, 0.4) is 0 Å². The normalized spacial score (nSPS) is 14.3. The molecule has 4 aromatic rings. The molecule has 2 amide bonds. The Morgan fingerprint density at radius 1 is 0.891 bits per heavy atom. The van der Waals surface area contributed by atoms with Gasteiger partial charge >= 0.3 is 0 Å². The number of aromatic nitrogens is 1. The number of rotatable bonds is 13. The Bertz CT molecular complexity index is 1690. The predicted molar refractivity (Wildman–Crippen MR) is 174 cm³/mol. The van der Waals surface area contributed by atoms with Gasteiger partial charge in [0.25, 0.3) is 5.91 Å². The number of sulfonamides is 1. The van der Waals surface area contributed by atoms with Crippen molar-refractivity contribution in [3.8, 4) is 5.75 Å². The Morgan fingerprint density at radius 3 is 2.24 bits per heavy atom. The van der Waals surface area contributed by atoms with E-state index in [1.807, 2.05) is 54.6 Å². The zero-order valence-electron chi connectivity index (χ0n) is 25.1. The number of amides is 2. The lowest BCUT2D eigenvalue weighted by Crippen LogP contribution is -2.51. The molecule has 240 valence electrons. The van der Waals surface area contributed by atoms with Crippen molar-refractivity contribution in [2.45, 2.75) is 30.4 Å². The summed E-state index contributed by atoms with van der Waals surface area (Å²) in [5, 5.41) is 3.53. The fraction of sp³-hybridized carbons (Fsp3) is 0.265. The van der Waals surface area contributed by atoms with Crippen molar-refractivity contribution < 1.29 is 27.5 Å². The first-order valence-corrected chi connectivity index (χ1v) is 16.7. The lowest BCUT2D eigenvalue weighted by atomic mass is 10.0. The average molecular weight is 663 g/mol. The smallest absolute Gasteiger partial charge is 0.261 e. The van der Waals surface area contributed by atoms with Gasteiger partial charge in [-0.3, -0.25) is 14.6 Å². The minimum absolute atomic E-state index is 0.131. The quantitative estimate of drug-likeness (QED) is 0.229. The highest BCUT2D eigenvalue weighted by molar-refractivity contribution is 7.89. The summed E-state index contributed by atoms with van der Waals surface area (Å²) in [6.45, 7) is 1.32. The Morgan fingerprint density at radius 2 is 1.57 bits per heavy atom. The van der Waals surface area contributed by atoms with Gasteiger partial charge in [-0.15, -0.1) is 0 Å². The Balaban J connectivity index is 1.35. The zero-order valence-corrected chi connectivity index (χ0v) is 26.7. The van der Waals surface area contributed by atoms with Crippen LogP contribution in [0, 0.1) is 0 Å². The monoisotopic (exact) mass is 662 g/mol. The van der Waals surface area contributed by atoms with Gasteiger partial charge in [0.1, 0.15) is 11.8 Å². The van der Waals surface area contributed by atoms with Crippen LogP contribution < -0.4 is 10.1 Å². The first-order valence-electron chi connectivity index (χ1n) is 14.8. The molecule has 0 spiro atoms. The van der Waals surface area contributed by atoms with Crippen molar-refractivity contribution in [2.75, 3.05) is 32.9 Å².